The van der Waals surface area contributed by atoms with Crippen molar-refractivity contribution in [2.24, 2.45) is 0 Å². The first kappa shape index (κ1) is 14.0. The minimum absolute atomic E-state index is 0.0311. The summed E-state index contributed by atoms with van der Waals surface area (Å²) in [5, 5.41) is 13.2. The molecule has 0 spiro atoms. The highest BCUT2D eigenvalue weighted by molar-refractivity contribution is 5.47. The van der Waals surface area contributed by atoms with Gasteiger partial charge in [-0.3, -0.25) is 4.90 Å². The van der Waals surface area contributed by atoms with Crippen molar-refractivity contribution in [3.05, 3.63) is 23.5 Å². The number of hydrogen-bond acceptors (Lipinski definition) is 4. The molecular formula is C13H18F2N2O2. The average molecular weight is 272 g/mol. The zero-order valence-electron chi connectivity index (χ0n) is 10.8. The molecule has 4 nitrogen and oxygen atoms in total. The molecule has 19 heavy (non-hydrogen) atoms. The van der Waals surface area contributed by atoms with E-state index in [1.165, 1.54) is 13.2 Å². The Labute approximate surface area is 111 Å². The Morgan fingerprint density at radius 2 is 2.11 bits per heavy atom. The van der Waals surface area contributed by atoms with Crippen LogP contribution in [0.5, 0.6) is 11.5 Å². The van der Waals surface area contributed by atoms with Gasteiger partial charge in [0.15, 0.2) is 11.5 Å². The molecule has 0 aliphatic carbocycles. The van der Waals surface area contributed by atoms with E-state index in [-0.39, 0.29) is 17.1 Å². The lowest BCUT2D eigenvalue weighted by atomic mass is 10.0. The van der Waals surface area contributed by atoms with Gasteiger partial charge in [0.05, 0.1) is 13.2 Å². The fourth-order valence-electron chi connectivity index (χ4n) is 2.38. The van der Waals surface area contributed by atoms with E-state index in [1.54, 1.807) is 0 Å². The summed E-state index contributed by atoms with van der Waals surface area (Å²) in [4.78, 5) is 1.89. The molecule has 1 aromatic carbocycles. The van der Waals surface area contributed by atoms with Crippen molar-refractivity contribution in [3.8, 4) is 11.5 Å². The topological polar surface area (TPSA) is 44.7 Å². The normalized spacial score (nSPS) is 18.3. The number of phenolic OH excluding ortho intramolecular Hbond substituents is 1. The number of aromatic hydroxyl groups is 1. The number of ether oxygens (including phenoxy) is 1. The SMILES string of the molecule is COc1cc(F)cc([C@H](CF)N2CCNCC2)c1O. The third-order valence-electron chi connectivity index (χ3n) is 3.39. The molecule has 1 aliphatic heterocycles. The molecule has 0 bridgehead atoms. The Hall–Kier alpha value is -1.40. The summed E-state index contributed by atoms with van der Waals surface area (Å²) in [6.45, 7) is 2.15. The van der Waals surface area contributed by atoms with Crippen LogP contribution in [0, 0.1) is 5.82 Å². The van der Waals surface area contributed by atoms with Crippen LogP contribution in [0.3, 0.4) is 0 Å². The van der Waals surface area contributed by atoms with Gasteiger partial charge in [-0.05, 0) is 6.07 Å². The van der Waals surface area contributed by atoms with Gasteiger partial charge in [-0.1, -0.05) is 0 Å². The van der Waals surface area contributed by atoms with Gasteiger partial charge in [-0.25, -0.2) is 8.78 Å². The summed E-state index contributed by atoms with van der Waals surface area (Å²) in [6, 6.07) is 1.61. The van der Waals surface area contributed by atoms with E-state index < -0.39 is 18.5 Å². The number of rotatable bonds is 4. The van der Waals surface area contributed by atoms with Gasteiger partial charge < -0.3 is 15.2 Å². The minimum atomic E-state index is -0.680. The molecule has 2 N–H and O–H groups in total. The summed E-state index contributed by atoms with van der Waals surface area (Å²) >= 11 is 0. The summed E-state index contributed by atoms with van der Waals surface area (Å²) in [7, 11) is 1.34. The number of nitrogens with one attached hydrogen (secondary N) is 1. The number of halogens is 2. The number of methoxy groups -OCH3 is 1. The van der Waals surface area contributed by atoms with Gasteiger partial charge in [0.2, 0.25) is 0 Å². The highest BCUT2D eigenvalue weighted by atomic mass is 19.1. The van der Waals surface area contributed by atoms with E-state index in [0.717, 1.165) is 19.2 Å². The zero-order chi connectivity index (χ0) is 13.8. The average Bonchev–Trinajstić information content (AvgIpc) is 2.44. The number of alkyl halides is 1. The molecule has 1 fully saturated rings. The van der Waals surface area contributed by atoms with Crippen LogP contribution in [-0.2, 0) is 0 Å². The maximum absolute atomic E-state index is 13.5. The molecule has 0 unspecified atom stereocenters. The van der Waals surface area contributed by atoms with Crippen molar-refractivity contribution in [2.45, 2.75) is 6.04 Å². The third-order valence-corrected chi connectivity index (χ3v) is 3.39. The minimum Gasteiger partial charge on any atom is -0.504 e. The Bertz CT molecular complexity index is 437. The Morgan fingerprint density at radius 3 is 2.68 bits per heavy atom. The first-order valence-corrected chi connectivity index (χ1v) is 6.24. The first-order chi connectivity index (χ1) is 9.17. The van der Waals surface area contributed by atoms with Gasteiger partial charge >= 0.3 is 0 Å². The van der Waals surface area contributed by atoms with Crippen LogP contribution in [0.2, 0.25) is 0 Å². The van der Waals surface area contributed by atoms with Crippen molar-refractivity contribution in [1.82, 2.24) is 10.2 Å². The Balaban J connectivity index is 2.34. The smallest absolute Gasteiger partial charge is 0.163 e. The number of benzene rings is 1. The van der Waals surface area contributed by atoms with E-state index in [2.05, 4.69) is 5.32 Å². The fraction of sp³-hybridized carbons (Fsp3) is 0.538. The number of nitrogens with zero attached hydrogens (tertiary/aromatic N) is 1. The van der Waals surface area contributed by atoms with Gasteiger partial charge in [-0.15, -0.1) is 0 Å². The van der Waals surface area contributed by atoms with Gasteiger partial charge in [0, 0.05) is 37.8 Å². The molecule has 1 aliphatic rings. The van der Waals surface area contributed by atoms with Crippen LogP contribution in [0.1, 0.15) is 11.6 Å². The van der Waals surface area contributed by atoms with Crippen LogP contribution in [0.25, 0.3) is 0 Å². The molecule has 1 aromatic rings. The molecule has 1 atom stereocenters. The predicted molar refractivity (Wildman–Crippen MR) is 67.8 cm³/mol. The molecule has 2 rings (SSSR count). The van der Waals surface area contributed by atoms with Gasteiger partial charge in [0.1, 0.15) is 12.5 Å². The summed E-state index contributed by atoms with van der Waals surface area (Å²) in [5.41, 5.74) is 0.237. The largest absolute Gasteiger partial charge is 0.504 e. The molecule has 0 radical (unpaired) electrons. The second-order valence-electron chi connectivity index (χ2n) is 4.50. The Kier molecular flexibility index (Phi) is 4.55. The zero-order valence-corrected chi connectivity index (χ0v) is 10.8. The van der Waals surface area contributed by atoms with Crippen molar-refractivity contribution < 1.29 is 18.6 Å². The molecule has 0 saturated carbocycles. The highest BCUT2D eigenvalue weighted by Gasteiger charge is 2.26. The highest BCUT2D eigenvalue weighted by Crippen LogP contribution is 2.37. The van der Waals surface area contributed by atoms with Gasteiger partial charge in [0.25, 0.3) is 0 Å². The van der Waals surface area contributed by atoms with Crippen molar-refractivity contribution >= 4 is 0 Å². The predicted octanol–water partition coefficient (Wildman–Crippen LogP) is 1.46. The summed E-state index contributed by atoms with van der Waals surface area (Å²) in [6.07, 6.45) is 0. The quantitative estimate of drug-likeness (QED) is 0.871. The molecule has 106 valence electrons. The van der Waals surface area contributed by atoms with E-state index in [4.69, 9.17) is 4.74 Å². The maximum Gasteiger partial charge on any atom is 0.163 e. The van der Waals surface area contributed by atoms with Crippen LogP contribution in [-0.4, -0.2) is 50.0 Å². The van der Waals surface area contributed by atoms with E-state index in [0.29, 0.717) is 13.1 Å². The lowest BCUT2D eigenvalue weighted by Gasteiger charge is -2.34. The number of phenols is 1. The standard InChI is InChI=1S/C13H18F2N2O2/c1-19-12-7-9(15)6-10(13(12)18)11(8-14)17-4-2-16-3-5-17/h6-7,11,16,18H,2-5,8H2,1H3/t11-/m0/s1. The lowest BCUT2D eigenvalue weighted by molar-refractivity contribution is 0.144. The van der Waals surface area contributed by atoms with Crippen molar-refractivity contribution in [3.63, 3.8) is 0 Å². The van der Waals surface area contributed by atoms with E-state index >= 15 is 0 Å². The van der Waals surface area contributed by atoms with Crippen molar-refractivity contribution in [1.29, 1.82) is 0 Å². The first-order valence-electron chi connectivity index (χ1n) is 6.24. The maximum atomic E-state index is 13.5. The summed E-state index contributed by atoms with van der Waals surface area (Å²) in [5.74, 6) is -0.702. The Morgan fingerprint density at radius 1 is 1.42 bits per heavy atom. The molecule has 0 aromatic heterocycles. The van der Waals surface area contributed by atoms with E-state index in [9.17, 15) is 13.9 Å². The molecule has 6 heteroatoms. The lowest BCUT2D eigenvalue weighted by Crippen LogP contribution is -2.45. The van der Waals surface area contributed by atoms with Gasteiger partial charge in [-0.2, -0.15) is 0 Å². The second kappa shape index (κ2) is 6.16. The molecule has 1 heterocycles. The second-order valence-corrected chi connectivity index (χ2v) is 4.50. The third kappa shape index (κ3) is 2.96. The van der Waals surface area contributed by atoms with E-state index in [1.807, 2.05) is 4.90 Å². The number of hydrogen-bond donors (Lipinski definition) is 2. The van der Waals surface area contributed by atoms with Crippen LogP contribution < -0.4 is 10.1 Å². The molecular weight excluding hydrogens is 254 g/mol. The fourth-order valence-corrected chi connectivity index (χ4v) is 2.38. The molecule has 1 saturated heterocycles. The monoisotopic (exact) mass is 272 g/mol. The van der Waals surface area contributed by atoms with Crippen LogP contribution in [0.4, 0.5) is 8.78 Å². The van der Waals surface area contributed by atoms with Crippen LogP contribution >= 0.6 is 0 Å². The van der Waals surface area contributed by atoms with Crippen LogP contribution in [0.15, 0.2) is 12.1 Å². The number of piperazine rings is 1. The van der Waals surface area contributed by atoms with Crippen molar-refractivity contribution in [2.75, 3.05) is 40.0 Å². The molecule has 0 amide bonds. The summed E-state index contributed by atoms with van der Waals surface area (Å²) < 4.78 is 31.8.